The molecule has 4 nitrogen and oxygen atoms in total. The lowest BCUT2D eigenvalue weighted by Gasteiger charge is -2.28. The van der Waals surface area contributed by atoms with E-state index in [2.05, 4.69) is 19.9 Å². The summed E-state index contributed by atoms with van der Waals surface area (Å²) in [5.41, 5.74) is 2.40. The van der Waals surface area contributed by atoms with Crippen molar-refractivity contribution in [3.63, 3.8) is 0 Å². The molecule has 2 aliphatic rings. The summed E-state index contributed by atoms with van der Waals surface area (Å²) in [5, 5.41) is 0. The summed E-state index contributed by atoms with van der Waals surface area (Å²) < 4.78 is 11.0. The first-order valence-electron chi connectivity index (χ1n) is 7.59. The largest absolute Gasteiger partial charge is 0.462 e. The molecule has 1 aliphatic heterocycles. The Bertz CT molecular complexity index is 489. The Hall–Kier alpha value is -1.58. The molecule has 0 N–H and O–H groups in total. The lowest BCUT2D eigenvalue weighted by molar-refractivity contribution is -0.150. The molecule has 1 heterocycles. The lowest BCUT2D eigenvalue weighted by Crippen LogP contribution is -2.35. The molecule has 0 aromatic carbocycles. The quantitative estimate of drug-likeness (QED) is 0.550. The van der Waals surface area contributed by atoms with Gasteiger partial charge in [-0.1, -0.05) is 24.1 Å². The van der Waals surface area contributed by atoms with Crippen LogP contribution < -0.4 is 0 Å². The van der Waals surface area contributed by atoms with Crippen LogP contribution in [-0.2, 0) is 19.1 Å². The van der Waals surface area contributed by atoms with E-state index in [1.165, 1.54) is 18.1 Å². The Morgan fingerprint density at radius 2 is 2.05 bits per heavy atom. The van der Waals surface area contributed by atoms with Crippen LogP contribution in [-0.4, -0.2) is 24.1 Å². The molecule has 1 fully saturated rings. The van der Waals surface area contributed by atoms with Gasteiger partial charge in [0.1, 0.15) is 12.2 Å². The number of hydrogen-bond acceptors (Lipinski definition) is 4. The van der Waals surface area contributed by atoms with Gasteiger partial charge in [0.15, 0.2) is 0 Å². The summed E-state index contributed by atoms with van der Waals surface area (Å²) in [6.45, 7) is 7.38. The van der Waals surface area contributed by atoms with Gasteiger partial charge in [0.05, 0.1) is 11.8 Å². The highest BCUT2D eigenvalue weighted by molar-refractivity contribution is 5.75. The predicted octanol–water partition coefficient (Wildman–Crippen LogP) is 3.17. The van der Waals surface area contributed by atoms with Crippen molar-refractivity contribution in [1.82, 2.24) is 0 Å². The zero-order valence-electron chi connectivity index (χ0n) is 13.2. The van der Waals surface area contributed by atoms with Gasteiger partial charge in [0.2, 0.25) is 0 Å². The van der Waals surface area contributed by atoms with Crippen LogP contribution in [0.3, 0.4) is 0 Å². The highest BCUT2D eigenvalue weighted by Gasteiger charge is 2.46. The van der Waals surface area contributed by atoms with Gasteiger partial charge in [-0.3, -0.25) is 9.59 Å². The van der Waals surface area contributed by atoms with Crippen LogP contribution in [0.1, 0.15) is 47.0 Å². The Morgan fingerprint density at radius 1 is 1.33 bits per heavy atom. The summed E-state index contributed by atoms with van der Waals surface area (Å²) in [4.78, 5) is 23.4. The van der Waals surface area contributed by atoms with E-state index in [1.54, 1.807) is 0 Å². The summed E-state index contributed by atoms with van der Waals surface area (Å²) in [6.07, 6.45) is 6.20. The Kier molecular flexibility index (Phi) is 4.86. The smallest absolute Gasteiger partial charge is 0.309 e. The van der Waals surface area contributed by atoms with Gasteiger partial charge in [0.25, 0.3) is 0 Å². The van der Waals surface area contributed by atoms with Gasteiger partial charge in [-0.25, -0.2) is 0 Å². The highest BCUT2D eigenvalue weighted by Crippen LogP contribution is 2.37. The van der Waals surface area contributed by atoms with Crippen molar-refractivity contribution in [3.8, 4) is 0 Å². The minimum atomic E-state index is -0.313. The van der Waals surface area contributed by atoms with Gasteiger partial charge in [-0.05, 0) is 32.8 Å². The summed E-state index contributed by atoms with van der Waals surface area (Å²) in [6, 6.07) is 0. The van der Waals surface area contributed by atoms with Crippen LogP contribution in [0.2, 0.25) is 0 Å². The maximum absolute atomic E-state index is 11.9. The third-order valence-electron chi connectivity index (χ3n) is 4.33. The summed E-state index contributed by atoms with van der Waals surface area (Å²) in [5.74, 6) is -0.878. The van der Waals surface area contributed by atoms with Crippen molar-refractivity contribution in [2.24, 2.45) is 11.8 Å². The fraction of sp³-hybridized carbons (Fsp3) is 0.647. The normalized spacial score (nSPS) is 38.4. The van der Waals surface area contributed by atoms with E-state index in [0.29, 0.717) is 6.42 Å². The molecule has 1 aliphatic carbocycles. The molecule has 0 unspecified atom stereocenters. The Balaban J connectivity index is 2.36. The summed E-state index contributed by atoms with van der Waals surface area (Å²) in [7, 11) is 0. The number of hydrogen-bond donors (Lipinski definition) is 0. The molecule has 21 heavy (non-hydrogen) atoms. The van der Waals surface area contributed by atoms with Crippen LogP contribution in [0.4, 0.5) is 0 Å². The zero-order valence-corrected chi connectivity index (χ0v) is 13.2. The topological polar surface area (TPSA) is 52.6 Å². The van der Waals surface area contributed by atoms with Crippen LogP contribution >= 0.6 is 0 Å². The number of rotatable bonds is 1. The number of ether oxygens (including phenoxy) is 2. The first-order chi connectivity index (χ1) is 9.88. The second-order valence-electron chi connectivity index (χ2n) is 6.22. The zero-order chi connectivity index (χ0) is 15.6. The lowest BCUT2D eigenvalue weighted by atomic mass is 9.82. The second kappa shape index (κ2) is 6.46. The molecule has 0 aromatic rings. The average molecular weight is 292 g/mol. The monoisotopic (exact) mass is 292 g/mol. The van der Waals surface area contributed by atoms with Crippen molar-refractivity contribution >= 4 is 11.9 Å². The van der Waals surface area contributed by atoms with Gasteiger partial charge >= 0.3 is 11.9 Å². The van der Waals surface area contributed by atoms with E-state index in [4.69, 9.17) is 9.47 Å². The first kappa shape index (κ1) is 15.8. The summed E-state index contributed by atoms with van der Waals surface area (Å²) >= 11 is 0. The van der Waals surface area contributed by atoms with Crippen molar-refractivity contribution in [2.75, 3.05) is 0 Å². The van der Waals surface area contributed by atoms with Crippen LogP contribution in [0.5, 0.6) is 0 Å². The fourth-order valence-electron chi connectivity index (χ4n) is 3.22. The molecular weight excluding hydrogens is 268 g/mol. The van der Waals surface area contributed by atoms with Crippen molar-refractivity contribution in [2.45, 2.75) is 59.2 Å². The molecule has 0 amide bonds. The van der Waals surface area contributed by atoms with Crippen molar-refractivity contribution < 1.29 is 19.1 Å². The molecule has 4 heteroatoms. The van der Waals surface area contributed by atoms with Crippen molar-refractivity contribution in [3.05, 3.63) is 23.3 Å². The van der Waals surface area contributed by atoms with Gasteiger partial charge < -0.3 is 9.47 Å². The number of carbonyl (C=O) groups excluding carboxylic acids is 2. The molecule has 1 saturated heterocycles. The molecule has 0 radical (unpaired) electrons. The van der Waals surface area contributed by atoms with Crippen LogP contribution in [0.15, 0.2) is 23.3 Å². The molecule has 0 saturated carbocycles. The molecule has 4 atom stereocenters. The van der Waals surface area contributed by atoms with E-state index in [-0.39, 0.29) is 36.0 Å². The SMILES string of the molecule is CC(=O)O[C@H]1C/C(C)=C/CC/C(C)=C/[C@H]2OC(=O)[C@H](C)[C@H]12. The van der Waals surface area contributed by atoms with Gasteiger partial charge in [-0.2, -0.15) is 0 Å². The molecule has 0 bridgehead atoms. The maximum atomic E-state index is 11.9. The van der Waals surface area contributed by atoms with Crippen molar-refractivity contribution in [1.29, 1.82) is 0 Å². The Labute approximate surface area is 126 Å². The van der Waals surface area contributed by atoms with E-state index in [9.17, 15) is 9.59 Å². The average Bonchev–Trinajstić information content (AvgIpc) is 2.62. The number of esters is 2. The van der Waals surface area contributed by atoms with E-state index >= 15 is 0 Å². The first-order valence-corrected chi connectivity index (χ1v) is 7.59. The standard InChI is InChI=1S/C17H24O4/c1-10-6-5-7-11(2)9-15-16(12(3)17(19)21-15)14(8-10)20-13(4)18/h6,9,12,14-16H,5,7-8H2,1-4H3/b10-6+,11-9+/t12-,14+,15-,16-/m1/s1. The van der Waals surface area contributed by atoms with E-state index in [0.717, 1.165) is 12.8 Å². The molecule has 0 aromatic heterocycles. The number of fused-ring (bicyclic) bond motifs is 1. The third kappa shape index (κ3) is 3.74. The Morgan fingerprint density at radius 3 is 2.71 bits per heavy atom. The molecule has 2 rings (SSSR count). The minimum Gasteiger partial charge on any atom is -0.462 e. The molecule has 116 valence electrons. The minimum absolute atomic E-state index is 0.113. The highest BCUT2D eigenvalue weighted by atomic mass is 16.6. The number of allylic oxidation sites excluding steroid dienone is 2. The van der Waals surface area contributed by atoms with Gasteiger partial charge in [-0.15, -0.1) is 0 Å². The second-order valence-corrected chi connectivity index (χ2v) is 6.22. The van der Waals surface area contributed by atoms with Gasteiger partial charge in [0, 0.05) is 13.3 Å². The molecular formula is C17H24O4. The maximum Gasteiger partial charge on any atom is 0.309 e. The van der Waals surface area contributed by atoms with Crippen LogP contribution in [0, 0.1) is 11.8 Å². The predicted molar refractivity (Wildman–Crippen MR) is 79.5 cm³/mol. The van der Waals surface area contributed by atoms with E-state index < -0.39 is 0 Å². The number of carbonyl (C=O) groups is 2. The van der Waals surface area contributed by atoms with Crippen LogP contribution in [0.25, 0.3) is 0 Å². The third-order valence-corrected chi connectivity index (χ3v) is 4.33. The fourth-order valence-corrected chi connectivity index (χ4v) is 3.22. The molecule has 0 spiro atoms. The van der Waals surface area contributed by atoms with E-state index in [1.807, 2.05) is 13.0 Å².